The van der Waals surface area contributed by atoms with E-state index < -0.39 is 38.4 Å². The molecule has 0 fully saturated rings. The molecule has 0 N–H and O–H groups in total. The van der Waals surface area contributed by atoms with Gasteiger partial charge in [0.2, 0.25) is 0 Å². The summed E-state index contributed by atoms with van der Waals surface area (Å²) in [6.45, 7) is 14.2. The topological polar surface area (TPSA) is 36.9 Å². The second-order valence-electron chi connectivity index (χ2n) is 21.6. The van der Waals surface area contributed by atoms with Crippen LogP contribution < -0.4 is 39.7 Å². The van der Waals surface area contributed by atoms with E-state index in [4.69, 9.17) is 36.0 Å². The van der Waals surface area contributed by atoms with Crippen LogP contribution in [0.1, 0.15) is 113 Å². The third-order valence-electron chi connectivity index (χ3n) is 16.7. The van der Waals surface area contributed by atoms with Crippen molar-refractivity contribution in [3.63, 3.8) is 0 Å². The molecule has 83 heavy (non-hydrogen) atoms. The average Bonchev–Trinajstić information content (AvgIpc) is 3.02. The van der Waals surface area contributed by atoms with E-state index >= 15 is 0 Å². The Hall–Kier alpha value is -6.70. The summed E-state index contributed by atoms with van der Waals surface area (Å²) < 4.78 is 22.2. The monoisotopic (exact) mass is 1240 g/mol. The fourth-order valence-electron chi connectivity index (χ4n) is 13.2. The van der Waals surface area contributed by atoms with E-state index in [1.807, 2.05) is 24.3 Å². The number of aryl methyl sites for hydroxylation is 4. The number of benzene rings is 4. The van der Waals surface area contributed by atoms with Gasteiger partial charge in [0.25, 0.3) is 0 Å². The van der Waals surface area contributed by atoms with Gasteiger partial charge < -0.3 is 18.9 Å². The number of hydrogen-bond donors (Lipinski definition) is 0. The van der Waals surface area contributed by atoms with Crippen molar-refractivity contribution in [2.75, 3.05) is 28.4 Å². The van der Waals surface area contributed by atoms with Crippen LogP contribution in [-0.2, 0) is 20.8 Å². The van der Waals surface area contributed by atoms with Crippen LogP contribution in [0.5, 0.6) is 23.0 Å². The summed E-state index contributed by atoms with van der Waals surface area (Å²) in [6, 6.07) is 43.7. The molecule has 0 aromatic heterocycles. The summed E-state index contributed by atoms with van der Waals surface area (Å²) >= 11 is -0.826. The van der Waals surface area contributed by atoms with Crippen LogP contribution in [-0.4, -0.2) is 46.0 Å². The van der Waals surface area contributed by atoms with E-state index in [9.17, 15) is 0 Å². The standard InChI is InChI=1S/2C37H35O2Si.2ClH.Zr/c2*1-24-20-34-30(26-12-10-14-28(22-26)38-3)16-6-8-18-32(34)36(24)40(5)37-25(2)21-35-31(17-7-9-19-33(35)37)27-13-11-15-29(23-27)39-4;;;/h2*6-23,30-31H,1-5H3;2*1H;/q2*-2;;;+2/p-2. The van der Waals surface area contributed by atoms with Crippen molar-refractivity contribution >= 4 is 79.7 Å². The first-order chi connectivity index (χ1) is 40.4. The van der Waals surface area contributed by atoms with Gasteiger partial charge in [0, 0.05) is 17.6 Å². The van der Waals surface area contributed by atoms with E-state index in [1.165, 1.54) is 110 Å². The minimum atomic E-state index is -1.07. The second kappa shape index (κ2) is 26.9. The van der Waals surface area contributed by atoms with Gasteiger partial charge in [-0.15, -0.1) is 91.6 Å². The number of hydrogen-bond acceptors (Lipinski definition) is 4. The summed E-state index contributed by atoms with van der Waals surface area (Å²) in [6.07, 6.45) is 36.2. The average molecular weight is 1240 g/mol. The predicted molar refractivity (Wildman–Crippen MR) is 353 cm³/mol. The molecule has 2 radical (unpaired) electrons. The van der Waals surface area contributed by atoms with Crippen molar-refractivity contribution in [3.05, 3.63) is 283 Å². The van der Waals surface area contributed by atoms with Gasteiger partial charge in [-0.25, -0.2) is 0 Å². The van der Waals surface area contributed by atoms with E-state index in [0.29, 0.717) is 0 Å². The second-order valence-corrected chi connectivity index (χ2v) is 29.8. The Bertz CT molecular complexity index is 3390. The molecule has 420 valence electrons. The summed E-state index contributed by atoms with van der Waals surface area (Å²) in [5.74, 6) is 4.38. The van der Waals surface area contributed by atoms with Crippen LogP contribution in [0.3, 0.4) is 0 Å². The molecule has 4 aliphatic rings. The zero-order valence-electron chi connectivity index (χ0n) is 49.0. The first-order valence-electron chi connectivity index (χ1n) is 28.2. The molecule has 0 bridgehead atoms. The molecule has 12 rings (SSSR count). The van der Waals surface area contributed by atoms with Crippen LogP contribution in [0.4, 0.5) is 0 Å². The van der Waals surface area contributed by atoms with Crippen LogP contribution in [0, 0.1) is 27.7 Å². The molecule has 0 saturated heterocycles. The van der Waals surface area contributed by atoms with Crippen LogP contribution in [0.25, 0.3) is 24.3 Å². The molecule has 9 heteroatoms. The van der Waals surface area contributed by atoms with Gasteiger partial charge in [-0.1, -0.05) is 138 Å². The number of fused-ring (bicyclic) bond motifs is 4. The molecule has 0 saturated carbocycles. The van der Waals surface area contributed by atoms with Crippen molar-refractivity contribution in [3.8, 4) is 23.0 Å². The third kappa shape index (κ3) is 12.3. The number of halogens is 2. The minimum absolute atomic E-state index is 0.196. The van der Waals surface area contributed by atoms with Crippen molar-refractivity contribution in [2.45, 2.75) is 64.5 Å². The fraction of sp³-hybridized carbons (Fsp3) is 0.189. The maximum atomic E-state index is 5.56. The van der Waals surface area contributed by atoms with Gasteiger partial charge >= 0.3 is 37.9 Å². The molecule has 4 unspecified atom stereocenters. The van der Waals surface area contributed by atoms with Gasteiger partial charge in [0.1, 0.15) is 23.0 Å². The van der Waals surface area contributed by atoms with Crippen molar-refractivity contribution in [1.29, 1.82) is 0 Å². The van der Waals surface area contributed by atoms with Gasteiger partial charge in [0.05, 0.1) is 28.4 Å². The molecule has 0 amide bonds. The first-order valence-corrected chi connectivity index (χ1v) is 38.5. The molecular formula is C74H70Cl2O4Si2Zr-4. The summed E-state index contributed by atoms with van der Waals surface area (Å²) in [7, 11) is 14.7. The van der Waals surface area contributed by atoms with Gasteiger partial charge in [-0.2, -0.15) is 68.8 Å². The molecule has 4 atom stereocenters. The Morgan fingerprint density at radius 3 is 0.771 bits per heavy atom. The molecule has 0 aliphatic heterocycles. The predicted octanol–water partition coefficient (Wildman–Crippen LogP) is 16.2. The molecule has 8 aromatic carbocycles. The first kappa shape index (κ1) is 59.5. The Kier molecular flexibility index (Phi) is 19.3. The van der Waals surface area contributed by atoms with Gasteiger partial charge in [0.15, 0.2) is 0 Å². The third-order valence-corrected chi connectivity index (χ3v) is 22.4. The molecule has 8 aromatic rings. The van der Waals surface area contributed by atoms with E-state index in [0.717, 1.165) is 23.0 Å². The van der Waals surface area contributed by atoms with Crippen LogP contribution in [0.15, 0.2) is 194 Å². The molecule has 4 nitrogen and oxygen atoms in total. The Labute approximate surface area is 514 Å². The van der Waals surface area contributed by atoms with Crippen LogP contribution >= 0.6 is 17.0 Å². The maximum absolute atomic E-state index is 5.56. The number of rotatable bonds is 12. The summed E-state index contributed by atoms with van der Waals surface area (Å²) in [5.41, 5.74) is 21.7. The Morgan fingerprint density at radius 2 is 0.566 bits per heavy atom. The summed E-state index contributed by atoms with van der Waals surface area (Å²) in [5, 5.41) is 6.08. The fourth-order valence-corrected chi connectivity index (χ4v) is 18.9. The van der Waals surface area contributed by atoms with Crippen molar-refractivity contribution < 1.29 is 39.8 Å². The molecule has 0 spiro atoms. The number of ether oxygens (including phenoxy) is 4. The van der Waals surface area contributed by atoms with Crippen LogP contribution in [0.2, 0.25) is 13.1 Å². The normalized spacial score (nSPS) is 17.0. The van der Waals surface area contributed by atoms with Gasteiger partial charge in [-0.05, 0) is 94.5 Å². The van der Waals surface area contributed by atoms with Crippen molar-refractivity contribution in [2.24, 2.45) is 0 Å². The number of methoxy groups -OCH3 is 4. The van der Waals surface area contributed by atoms with E-state index in [2.05, 4.69) is 235 Å². The SMILES string of the molecule is COc1cccc(C2C=CC=Cc3c2cc(C)[c-]3[Si](C)[c-]2c(C)cc3c2C=CC=CC3c2cccc(OC)c2)c1.COc1cccc(C2C=CC=Cc3c2cc(C)[c-]3[Si](C)[c-]2c(C)cc3c2C=CC=CC3c2cccc(OC)c2)c1.[Cl][Zr][Cl]. The molecular weight excluding hydrogens is 1170 g/mol. The quantitative estimate of drug-likeness (QED) is 0.0902. The van der Waals surface area contributed by atoms with Gasteiger partial charge in [-0.3, -0.25) is 0 Å². The zero-order valence-corrected chi connectivity index (χ0v) is 55.0. The Morgan fingerprint density at radius 1 is 0.349 bits per heavy atom. The summed E-state index contributed by atoms with van der Waals surface area (Å²) in [4.78, 5) is 0. The zero-order chi connectivity index (χ0) is 58.3. The molecule has 0 heterocycles. The molecule has 4 aliphatic carbocycles. The number of allylic oxidation sites excluding steroid dienone is 12. The van der Waals surface area contributed by atoms with E-state index in [1.54, 1.807) is 28.4 Å². The van der Waals surface area contributed by atoms with E-state index in [-0.39, 0.29) is 23.7 Å². The van der Waals surface area contributed by atoms with Crippen molar-refractivity contribution in [1.82, 2.24) is 0 Å². The Balaban J connectivity index is 0.000000177.